The van der Waals surface area contributed by atoms with Gasteiger partial charge >= 0.3 is 6.09 Å². The summed E-state index contributed by atoms with van der Waals surface area (Å²) in [6, 6.07) is 4.48. The Morgan fingerprint density at radius 2 is 2.12 bits per heavy atom. The minimum absolute atomic E-state index is 0.0802. The highest BCUT2D eigenvalue weighted by molar-refractivity contribution is 5.86. The Kier molecular flexibility index (Phi) is 3.34. The average molecular weight is 237 g/mol. The number of amides is 1. The molecule has 1 aliphatic heterocycles. The van der Waals surface area contributed by atoms with Crippen LogP contribution in [-0.4, -0.2) is 29.4 Å². The van der Waals surface area contributed by atoms with Gasteiger partial charge in [-0.3, -0.25) is 5.32 Å². The minimum atomic E-state index is -0.605. The predicted molar refractivity (Wildman–Crippen MR) is 63.4 cm³/mol. The Morgan fingerprint density at radius 1 is 1.41 bits per heavy atom. The number of anilines is 2. The zero-order chi connectivity index (χ0) is 12.3. The molecule has 17 heavy (non-hydrogen) atoms. The summed E-state index contributed by atoms with van der Waals surface area (Å²) in [4.78, 5) is 16.5. The van der Waals surface area contributed by atoms with Crippen LogP contribution >= 0.6 is 0 Å². The fourth-order valence-electron chi connectivity index (χ4n) is 1.68. The molecule has 2 rings (SSSR count). The first kappa shape index (κ1) is 11.5. The fourth-order valence-corrected chi connectivity index (χ4v) is 1.68. The van der Waals surface area contributed by atoms with Gasteiger partial charge in [-0.15, -0.1) is 5.06 Å². The van der Waals surface area contributed by atoms with E-state index in [1.807, 2.05) is 0 Å². The normalized spacial score (nSPS) is 15.8. The van der Waals surface area contributed by atoms with Crippen molar-refractivity contribution in [1.82, 2.24) is 5.06 Å². The Balaban J connectivity index is 1.93. The van der Waals surface area contributed by atoms with Crippen molar-refractivity contribution in [2.24, 2.45) is 0 Å². The largest absolute Gasteiger partial charge is 0.506 e. The summed E-state index contributed by atoms with van der Waals surface area (Å²) in [7, 11) is 0. The summed E-state index contributed by atoms with van der Waals surface area (Å²) in [5.74, 6) is -0.0802. The number of nitrogen functional groups attached to an aromatic ring is 1. The summed E-state index contributed by atoms with van der Waals surface area (Å²) >= 11 is 0. The van der Waals surface area contributed by atoms with Crippen LogP contribution in [0.15, 0.2) is 18.2 Å². The number of benzene rings is 1. The maximum atomic E-state index is 11.5. The molecule has 1 heterocycles. The van der Waals surface area contributed by atoms with Gasteiger partial charge in [-0.2, -0.15) is 0 Å². The number of phenolic OH excluding ortho intramolecular Hbond substituents is 1. The number of nitrogens with zero attached hydrogens (tertiary/aromatic N) is 1. The number of carbonyl (C=O) groups excluding carboxylic acids is 1. The van der Waals surface area contributed by atoms with E-state index in [4.69, 9.17) is 10.6 Å². The number of phenols is 1. The number of nitrogens with one attached hydrogen (secondary N) is 1. The van der Waals surface area contributed by atoms with Crippen LogP contribution in [0.25, 0.3) is 0 Å². The first-order chi connectivity index (χ1) is 8.15. The van der Waals surface area contributed by atoms with Crippen molar-refractivity contribution in [2.75, 3.05) is 24.1 Å². The number of nitrogens with two attached hydrogens (primary N) is 1. The molecule has 0 spiro atoms. The van der Waals surface area contributed by atoms with E-state index in [1.165, 1.54) is 12.1 Å². The third-order valence-corrected chi connectivity index (χ3v) is 2.54. The first-order valence-corrected chi connectivity index (χ1v) is 5.47. The van der Waals surface area contributed by atoms with Gasteiger partial charge in [0.05, 0.1) is 5.69 Å². The molecule has 0 aromatic heterocycles. The molecule has 1 fully saturated rings. The average Bonchev–Trinajstić information content (AvgIpc) is 2.75. The maximum absolute atomic E-state index is 11.5. The Hall–Kier alpha value is -1.95. The SMILES string of the molecule is Nc1ccc(NC(=O)ON2CCCC2)c(O)c1. The van der Waals surface area contributed by atoms with Crippen molar-refractivity contribution in [3.8, 4) is 5.75 Å². The summed E-state index contributed by atoms with van der Waals surface area (Å²) < 4.78 is 0. The maximum Gasteiger partial charge on any atom is 0.430 e. The van der Waals surface area contributed by atoms with Crippen molar-refractivity contribution < 1.29 is 14.7 Å². The molecule has 0 aliphatic carbocycles. The van der Waals surface area contributed by atoms with E-state index in [9.17, 15) is 9.90 Å². The lowest BCUT2D eigenvalue weighted by Crippen LogP contribution is -2.27. The third-order valence-electron chi connectivity index (χ3n) is 2.54. The van der Waals surface area contributed by atoms with E-state index in [-0.39, 0.29) is 11.4 Å². The van der Waals surface area contributed by atoms with Crippen LogP contribution in [0.2, 0.25) is 0 Å². The van der Waals surface area contributed by atoms with Crippen LogP contribution in [0.5, 0.6) is 5.75 Å². The monoisotopic (exact) mass is 237 g/mol. The lowest BCUT2D eigenvalue weighted by Gasteiger charge is -2.15. The molecule has 0 radical (unpaired) electrons. The lowest BCUT2D eigenvalue weighted by molar-refractivity contribution is -0.0739. The smallest absolute Gasteiger partial charge is 0.430 e. The van der Waals surface area contributed by atoms with E-state index in [0.717, 1.165) is 25.9 Å². The van der Waals surface area contributed by atoms with Crippen LogP contribution in [0.4, 0.5) is 16.2 Å². The van der Waals surface area contributed by atoms with E-state index >= 15 is 0 Å². The molecule has 4 N–H and O–H groups in total. The van der Waals surface area contributed by atoms with Crippen molar-refractivity contribution in [2.45, 2.75) is 12.8 Å². The molecular weight excluding hydrogens is 222 g/mol. The van der Waals surface area contributed by atoms with Gasteiger partial charge in [0, 0.05) is 24.8 Å². The quantitative estimate of drug-likeness (QED) is 0.536. The molecule has 0 bridgehead atoms. The first-order valence-electron chi connectivity index (χ1n) is 5.47. The van der Waals surface area contributed by atoms with E-state index in [1.54, 1.807) is 11.1 Å². The summed E-state index contributed by atoms with van der Waals surface area (Å²) in [5, 5.41) is 13.6. The molecule has 0 unspecified atom stereocenters. The number of rotatable bonds is 2. The molecule has 6 nitrogen and oxygen atoms in total. The van der Waals surface area contributed by atoms with Gasteiger partial charge in [0.15, 0.2) is 0 Å². The molecule has 92 valence electrons. The van der Waals surface area contributed by atoms with Crippen LogP contribution in [-0.2, 0) is 4.84 Å². The van der Waals surface area contributed by atoms with Crippen molar-refractivity contribution >= 4 is 17.5 Å². The second-order valence-corrected chi connectivity index (χ2v) is 3.92. The van der Waals surface area contributed by atoms with Crippen molar-refractivity contribution in [1.29, 1.82) is 0 Å². The van der Waals surface area contributed by atoms with Gasteiger partial charge in [-0.1, -0.05) is 0 Å². The lowest BCUT2D eigenvalue weighted by atomic mass is 10.2. The highest BCUT2D eigenvalue weighted by Crippen LogP contribution is 2.25. The van der Waals surface area contributed by atoms with E-state index < -0.39 is 6.09 Å². The van der Waals surface area contributed by atoms with Gasteiger partial charge in [-0.05, 0) is 25.0 Å². The fraction of sp³-hybridized carbons (Fsp3) is 0.364. The van der Waals surface area contributed by atoms with E-state index in [2.05, 4.69) is 5.32 Å². The van der Waals surface area contributed by atoms with Gasteiger partial charge in [0.2, 0.25) is 0 Å². The van der Waals surface area contributed by atoms with Crippen LogP contribution < -0.4 is 11.1 Å². The molecule has 1 aliphatic rings. The highest BCUT2D eigenvalue weighted by Gasteiger charge is 2.17. The molecule has 0 saturated carbocycles. The number of hydrogen-bond donors (Lipinski definition) is 3. The van der Waals surface area contributed by atoms with Gasteiger partial charge in [0.1, 0.15) is 5.75 Å². The summed E-state index contributed by atoms with van der Waals surface area (Å²) in [6.07, 6.45) is 1.45. The van der Waals surface area contributed by atoms with Crippen LogP contribution in [0.3, 0.4) is 0 Å². The van der Waals surface area contributed by atoms with Gasteiger partial charge in [-0.25, -0.2) is 4.79 Å². The molecule has 1 aromatic carbocycles. The molecule has 1 saturated heterocycles. The van der Waals surface area contributed by atoms with Crippen molar-refractivity contribution in [3.05, 3.63) is 18.2 Å². The second kappa shape index (κ2) is 4.92. The minimum Gasteiger partial charge on any atom is -0.506 e. The van der Waals surface area contributed by atoms with Crippen LogP contribution in [0.1, 0.15) is 12.8 Å². The summed E-state index contributed by atoms with van der Waals surface area (Å²) in [5.41, 5.74) is 6.19. The molecule has 1 aromatic rings. The standard InChI is InChI=1S/C11H15N3O3/c12-8-3-4-9(10(15)7-8)13-11(16)17-14-5-1-2-6-14/h3-4,7,15H,1-2,5-6,12H2,(H,13,16). The Bertz CT molecular complexity index is 416. The topological polar surface area (TPSA) is 87.8 Å². The zero-order valence-corrected chi connectivity index (χ0v) is 9.35. The predicted octanol–water partition coefficient (Wildman–Crippen LogP) is 1.53. The molecular formula is C11H15N3O3. The molecule has 1 amide bonds. The van der Waals surface area contributed by atoms with Crippen LogP contribution in [0, 0.1) is 0 Å². The second-order valence-electron chi connectivity index (χ2n) is 3.92. The van der Waals surface area contributed by atoms with Crippen molar-refractivity contribution in [3.63, 3.8) is 0 Å². The number of hydrogen-bond acceptors (Lipinski definition) is 5. The van der Waals surface area contributed by atoms with Gasteiger partial charge in [0.25, 0.3) is 0 Å². The third kappa shape index (κ3) is 3.01. The number of aromatic hydroxyl groups is 1. The molecule has 0 atom stereocenters. The summed E-state index contributed by atoms with van der Waals surface area (Å²) in [6.45, 7) is 1.50. The highest BCUT2D eigenvalue weighted by atomic mass is 16.7. The number of carbonyl (C=O) groups is 1. The Labute approximate surface area is 98.9 Å². The Morgan fingerprint density at radius 3 is 2.76 bits per heavy atom. The molecule has 6 heteroatoms. The number of hydroxylamine groups is 2. The van der Waals surface area contributed by atoms with Gasteiger partial charge < -0.3 is 15.7 Å². The van der Waals surface area contributed by atoms with E-state index in [0.29, 0.717) is 5.69 Å². The zero-order valence-electron chi connectivity index (χ0n) is 9.35.